The van der Waals surface area contributed by atoms with E-state index >= 15 is 0 Å². The van der Waals surface area contributed by atoms with Crippen LogP contribution in [0.3, 0.4) is 0 Å². The van der Waals surface area contributed by atoms with Gasteiger partial charge in [-0.15, -0.1) is 24.8 Å². The number of rotatable bonds is 3. The topological polar surface area (TPSA) is 21.3 Å². The summed E-state index contributed by atoms with van der Waals surface area (Å²) in [4.78, 5) is 0.610. The fraction of sp³-hybridized carbons (Fsp3) is 1.00. The third-order valence-electron chi connectivity index (χ3n) is 2.53. The molecule has 1 unspecified atom stereocenters. The van der Waals surface area contributed by atoms with E-state index in [2.05, 4.69) is 19.2 Å². The van der Waals surface area contributed by atoms with E-state index in [1.165, 1.54) is 10.6 Å². The normalized spacial score (nSPS) is 21.2. The first kappa shape index (κ1) is 16.5. The molecule has 80 valence electrons. The number of ether oxygens (including phenoxy) is 1. The zero-order valence-electron chi connectivity index (χ0n) is 8.41. The van der Waals surface area contributed by atoms with Crippen LogP contribution in [-0.2, 0) is 4.74 Å². The molecular weight excluding hydrogens is 224 g/mol. The summed E-state index contributed by atoms with van der Waals surface area (Å²) in [6.07, 6.45) is 0. The molecule has 1 saturated heterocycles. The maximum atomic E-state index is 5.72. The molecule has 1 aliphatic rings. The molecule has 0 aromatic rings. The Labute approximate surface area is 98.0 Å². The van der Waals surface area contributed by atoms with Gasteiger partial charge in [0.2, 0.25) is 0 Å². The van der Waals surface area contributed by atoms with Gasteiger partial charge in [-0.3, -0.25) is 0 Å². The highest BCUT2D eigenvalue weighted by Crippen LogP contribution is 2.08. The van der Waals surface area contributed by atoms with E-state index < -0.39 is 14.1 Å². The van der Waals surface area contributed by atoms with Crippen LogP contribution in [0.5, 0.6) is 0 Å². The molecule has 0 aliphatic carbocycles. The van der Waals surface area contributed by atoms with E-state index in [0.717, 1.165) is 19.7 Å². The molecule has 0 bridgehead atoms. The van der Waals surface area contributed by atoms with Gasteiger partial charge in [0.15, 0.2) is 0 Å². The van der Waals surface area contributed by atoms with Crippen LogP contribution in [0.25, 0.3) is 0 Å². The molecule has 13 heavy (non-hydrogen) atoms. The van der Waals surface area contributed by atoms with Crippen LogP contribution in [0, 0.1) is 0 Å². The van der Waals surface area contributed by atoms with E-state index in [9.17, 15) is 0 Å². The number of halogens is 2. The van der Waals surface area contributed by atoms with Crippen LogP contribution in [0.1, 0.15) is 13.8 Å². The molecule has 0 spiro atoms. The van der Waals surface area contributed by atoms with Crippen LogP contribution < -0.4 is 5.32 Å². The Morgan fingerprint density at radius 3 is 2.31 bits per heavy atom. The maximum absolute atomic E-state index is 5.72. The average molecular weight is 244 g/mol. The van der Waals surface area contributed by atoms with E-state index in [0.29, 0.717) is 4.97 Å². The number of morpholine rings is 1. The van der Waals surface area contributed by atoms with E-state index in [-0.39, 0.29) is 24.8 Å². The fourth-order valence-corrected chi connectivity index (χ4v) is 4.24. The molecule has 0 aromatic heterocycles. The average Bonchev–Trinajstić information content (AvgIpc) is 2.09. The van der Waals surface area contributed by atoms with Crippen molar-refractivity contribution in [1.82, 2.24) is 5.32 Å². The lowest BCUT2D eigenvalue weighted by molar-refractivity contribution is 0.0747. The van der Waals surface area contributed by atoms with Gasteiger partial charge in [-0.25, -0.2) is 0 Å². The van der Waals surface area contributed by atoms with Crippen LogP contribution >= 0.6 is 24.8 Å². The molecule has 0 saturated carbocycles. The Bertz CT molecular complexity index is 108. The second kappa shape index (κ2) is 9.58. The van der Waals surface area contributed by atoms with Crippen molar-refractivity contribution >= 4 is 39.0 Å². The smallest absolute Gasteiger partial charge is 0.307 e. The molecule has 0 amide bonds. The molecule has 1 heterocycles. The molecule has 0 aromatic carbocycles. The number of hydrogen-bond acceptors (Lipinski definition) is 2. The van der Waals surface area contributed by atoms with Gasteiger partial charge in [-0.2, -0.15) is 0 Å². The molecule has 1 atom stereocenters. The van der Waals surface area contributed by atoms with Crippen molar-refractivity contribution in [3.8, 4) is 0 Å². The van der Waals surface area contributed by atoms with Gasteiger partial charge in [0.25, 0.3) is 0 Å². The summed E-state index contributed by atoms with van der Waals surface area (Å²) in [5.41, 5.74) is 0. The van der Waals surface area contributed by atoms with Gasteiger partial charge >= 0.3 is 14.1 Å². The molecule has 1 rings (SSSR count). The monoisotopic (exact) mass is 243 g/mol. The minimum Gasteiger partial charge on any atom is -0.391 e. The van der Waals surface area contributed by atoms with Crippen LogP contribution in [0.2, 0.25) is 10.6 Å². The maximum Gasteiger partial charge on any atom is 0.307 e. The molecule has 1 N–H and O–H groups in total. The molecular formula is C8H20AlCl2NO. The van der Waals surface area contributed by atoms with Crippen LogP contribution in [0.15, 0.2) is 0 Å². The Balaban J connectivity index is 0. The quantitative estimate of drug-likeness (QED) is 0.765. The highest BCUT2D eigenvalue weighted by Gasteiger charge is 2.26. The number of nitrogens with one attached hydrogen (secondary N) is 1. The highest BCUT2D eigenvalue weighted by molar-refractivity contribution is 6.60. The van der Waals surface area contributed by atoms with Gasteiger partial charge in [-0.05, 0) is 0 Å². The Kier molecular flexibility index (Phi) is 12.1. The second-order valence-electron chi connectivity index (χ2n) is 3.19. The van der Waals surface area contributed by atoms with Crippen molar-refractivity contribution in [1.29, 1.82) is 0 Å². The van der Waals surface area contributed by atoms with Crippen LogP contribution in [0.4, 0.5) is 0 Å². The Morgan fingerprint density at radius 2 is 1.92 bits per heavy atom. The first-order valence-corrected chi connectivity index (χ1v) is 7.00. The summed E-state index contributed by atoms with van der Waals surface area (Å²) >= 11 is -0.558. The van der Waals surface area contributed by atoms with E-state index in [1.807, 2.05) is 0 Å². The second-order valence-corrected chi connectivity index (χ2v) is 7.09. The molecule has 2 nitrogen and oxygen atoms in total. The molecule has 0 radical (unpaired) electrons. The van der Waals surface area contributed by atoms with Crippen molar-refractivity contribution in [2.45, 2.75) is 29.4 Å². The van der Waals surface area contributed by atoms with Crippen molar-refractivity contribution in [3.63, 3.8) is 0 Å². The Hall–Kier alpha value is 1.03. The lowest BCUT2D eigenvalue weighted by Crippen LogP contribution is -2.46. The standard InChI is InChI=1S/C4H8NO.2C2H5.Al.2ClH/c1-3-6-4-2-5-1;2*1-2;;;/h3,5H,1-2,4H2;2*1H2,2H3;;2*1H. The first-order chi connectivity index (χ1) is 5.38. The van der Waals surface area contributed by atoms with E-state index in [1.54, 1.807) is 0 Å². The zero-order chi connectivity index (χ0) is 8.10. The first-order valence-electron chi connectivity index (χ1n) is 4.70. The summed E-state index contributed by atoms with van der Waals surface area (Å²) in [6.45, 7) is 7.69. The third kappa shape index (κ3) is 5.47. The van der Waals surface area contributed by atoms with Gasteiger partial charge in [0, 0.05) is 18.1 Å². The summed E-state index contributed by atoms with van der Waals surface area (Å²) in [6, 6.07) is 0. The van der Waals surface area contributed by atoms with E-state index in [4.69, 9.17) is 4.74 Å². The summed E-state index contributed by atoms with van der Waals surface area (Å²) < 4.78 is 5.72. The summed E-state index contributed by atoms with van der Waals surface area (Å²) in [7, 11) is 0. The summed E-state index contributed by atoms with van der Waals surface area (Å²) in [5, 5.41) is 6.15. The predicted octanol–water partition coefficient (Wildman–Crippen LogP) is 1.89. The molecule has 1 fully saturated rings. The Morgan fingerprint density at radius 1 is 1.31 bits per heavy atom. The lowest BCUT2D eigenvalue weighted by Gasteiger charge is -2.27. The highest BCUT2D eigenvalue weighted by atomic mass is 35.5. The van der Waals surface area contributed by atoms with Gasteiger partial charge < -0.3 is 10.1 Å². The van der Waals surface area contributed by atoms with Crippen molar-refractivity contribution in [2.24, 2.45) is 0 Å². The van der Waals surface area contributed by atoms with Gasteiger partial charge in [0.1, 0.15) is 0 Å². The third-order valence-corrected chi connectivity index (χ3v) is 6.11. The van der Waals surface area contributed by atoms with Crippen molar-refractivity contribution in [2.75, 3.05) is 19.7 Å². The van der Waals surface area contributed by atoms with Gasteiger partial charge in [0.05, 0.1) is 6.61 Å². The number of hydrogen-bond donors (Lipinski definition) is 1. The zero-order valence-corrected chi connectivity index (χ0v) is 11.2. The molecule has 5 heteroatoms. The summed E-state index contributed by atoms with van der Waals surface area (Å²) in [5.74, 6) is 0. The fourth-order valence-electron chi connectivity index (χ4n) is 1.70. The predicted molar refractivity (Wildman–Crippen MR) is 63.8 cm³/mol. The van der Waals surface area contributed by atoms with Gasteiger partial charge in [-0.1, -0.05) is 24.4 Å². The SMILES string of the molecule is C[CH2][Al]([CH2]C)[CH]1CNCCO1.Cl.Cl. The minimum absolute atomic E-state index is 0. The minimum atomic E-state index is -0.558. The largest absolute Gasteiger partial charge is 0.391 e. The van der Waals surface area contributed by atoms with Crippen LogP contribution in [-0.4, -0.2) is 38.8 Å². The van der Waals surface area contributed by atoms with Crippen molar-refractivity contribution in [3.05, 3.63) is 0 Å². The lowest BCUT2D eigenvalue weighted by atomic mass is 10.5. The van der Waals surface area contributed by atoms with Crippen molar-refractivity contribution < 1.29 is 4.74 Å². The molecule has 1 aliphatic heterocycles.